The van der Waals surface area contributed by atoms with Gasteiger partial charge in [-0.1, -0.05) is 25.9 Å². The number of rotatable bonds is 1. The van der Waals surface area contributed by atoms with E-state index in [-0.39, 0.29) is 21.3 Å². The fourth-order valence-corrected chi connectivity index (χ4v) is 1.54. The van der Waals surface area contributed by atoms with Crippen LogP contribution in [0.4, 0.5) is 0 Å². The zero-order valence-corrected chi connectivity index (χ0v) is 11.2. The van der Waals surface area contributed by atoms with Gasteiger partial charge in [0, 0.05) is 5.41 Å². The summed E-state index contributed by atoms with van der Waals surface area (Å²) in [6.07, 6.45) is 1.30. The summed E-state index contributed by atoms with van der Waals surface area (Å²) < 4.78 is 5.39. The molecule has 1 N–H and O–H groups in total. The first-order valence-electron chi connectivity index (χ1n) is 4.97. The zero-order chi connectivity index (χ0) is 12.6. The van der Waals surface area contributed by atoms with Crippen molar-refractivity contribution >= 4 is 15.9 Å². The van der Waals surface area contributed by atoms with Gasteiger partial charge in [-0.2, -0.15) is 4.98 Å². The molecule has 0 unspecified atom stereocenters. The lowest BCUT2D eigenvalue weighted by Crippen LogP contribution is -2.13. The van der Waals surface area contributed by atoms with Gasteiger partial charge in [0.05, 0.1) is 6.33 Å². The van der Waals surface area contributed by atoms with Crippen LogP contribution in [0.1, 0.15) is 26.6 Å². The zero-order valence-electron chi connectivity index (χ0n) is 9.61. The van der Waals surface area contributed by atoms with Gasteiger partial charge in [-0.15, -0.1) is 0 Å². The summed E-state index contributed by atoms with van der Waals surface area (Å²) in [7, 11) is 0. The van der Waals surface area contributed by atoms with E-state index in [0.717, 1.165) is 0 Å². The van der Waals surface area contributed by atoms with Gasteiger partial charge in [0.15, 0.2) is 5.82 Å². The van der Waals surface area contributed by atoms with Crippen LogP contribution in [0, 0.1) is 0 Å². The van der Waals surface area contributed by atoms with Gasteiger partial charge in [-0.3, -0.25) is 4.79 Å². The van der Waals surface area contributed by atoms with E-state index in [2.05, 4.69) is 36.0 Å². The highest BCUT2D eigenvalue weighted by molar-refractivity contribution is 9.10. The van der Waals surface area contributed by atoms with E-state index in [1.165, 1.54) is 6.33 Å². The summed E-state index contributed by atoms with van der Waals surface area (Å²) in [5.41, 5.74) is -0.155. The Morgan fingerprint density at radius 3 is 2.71 bits per heavy atom. The molecule has 0 radical (unpaired) electrons. The van der Waals surface area contributed by atoms with E-state index in [4.69, 9.17) is 4.52 Å². The number of halogens is 1. The minimum Gasteiger partial charge on any atom is -0.332 e. The van der Waals surface area contributed by atoms with Crippen molar-refractivity contribution < 1.29 is 4.52 Å². The molecule has 0 aliphatic carbocycles. The molecule has 17 heavy (non-hydrogen) atoms. The Bertz CT molecular complexity index is 597. The molecule has 6 nitrogen and oxygen atoms in total. The third-order valence-electron chi connectivity index (χ3n) is 2.10. The molecule has 0 atom stereocenters. The number of H-pyrrole nitrogens is 1. The highest BCUT2D eigenvalue weighted by atomic mass is 79.9. The monoisotopic (exact) mass is 298 g/mol. The van der Waals surface area contributed by atoms with Crippen LogP contribution in [-0.2, 0) is 5.41 Å². The van der Waals surface area contributed by atoms with Crippen LogP contribution in [0.5, 0.6) is 0 Å². The summed E-state index contributed by atoms with van der Waals surface area (Å²) in [5, 5.41) is 3.88. The fourth-order valence-electron chi connectivity index (χ4n) is 1.16. The summed E-state index contributed by atoms with van der Waals surface area (Å²) in [6, 6.07) is 0. The summed E-state index contributed by atoms with van der Waals surface area (Å²) in [5.74, 6) is 0.800. The second-order valence-electron chi connectivity index (χ2n) is 4.57. The minimum atomic E-state index is -0.287. The number of aromatic nitrogens is 4. The van der Waals surface area contributed by atoms with E-state index in [0.29, 0.717) is 11.5 Å². The predicted octanol–water partition coefficient (Wildman–Crippen LogP) is 1.88. The molecule has 0 saturated carbocycles. The van der Waals surface area contributed by atoms with Gasteiger partial charge in [0.2, 0.25) is 0 Å². The van der Waals surface area contributed by atoms with Gasteiger partial charge in [-0.25, -0.2) is 4.98 Å². The molecule has 0 amide bonds. The number of aromatic amines is 1. The third kappa shape index (κ3) is 2.28. The molecule has 7 heteroatoms. The standard InChI is InChI=1S/C10H11BrN4O2/c1-10(2,3)9-14-8(17-15-9)6-5(11)7(16)13-4-12-6/h4H,1-3H3,(H,12,13,16). The van der Waals surface area contributed by atoms with Crippen molar-refractivity contribution in [2.24, 2.45) is 0 Å². The molecular formula is C10H11BrN4O2. The molecular weight excluding hydrogens is 288 g/mol. The van der Waals surface area contributed by atoms with Crippen LogP contribution < -0.4 is 5.56 Å². The number of nitrogens with one attached hydrogen (secondary N) is 1. The quantitative estimate of drug-likeness (QED) is 0.869. The van der Waals surface area contributed by atoms with Crippen molar-refractivity contribution in [3.63, 3.8) is 0 Å². The van der Waals surface area contributed by atoms with Crippen LogP contribution in [0.2, 0.25) is 0 Å². The third-order valence-corrected chi connectivity index (χ3v) is 2.83. The largest absolute Gasteiger partial charge is 0.332 e. The van der Waals surface area contributed by atoms with E-state index < -0.39 is 0 Å². The molecule has 0 aliphatic heterocycles. The molecule has 0 aliphatic rings. The first-order chi connectivity index (χ1) is 7.89. The Labute approximate surface area is 106 Å². The van der Waals surface area contributed by atoms with Crippen LogP contribution in [0.3, 0.4) is 0 Å². The van der Waals surface area contributed by atoms with Gasteiger partial charge >= 0.3 is 0 Å². The molecule has 0 bridgehead atoms. The second-order valence-corrected chi connectivity index (χ2v) is 5.36. The first-order valence-corrected chi connectivity index (χ1v) is 5.76. The van der Waals surface area contributed by atoms with E-state index in [1.807, 2.05) is 20.8 Å². The van der Waals surface area contributed by atoms with Crippen LogP contribution >= 0.6 is 15.9 Å². The molecule has 0 aromatic carbocycles. The number of hydrogen-bond donors (Lipinski definition) is 1. The molecule has 2 heterocycles. The topological polar surface area (TPSA) is 84.7 Å². The highest BCUT2D eigenvalue weighted by Gasteiger charge is 2.23. The summed E-state index contributed by atoms with van der Waals surface area (Å²) in [4.78, 5) is 22.1. The summed E-state index contributed by atoms with van der Waals surface area (Å²) >= 11 is 3.14. The smallest absolute Gasteiger partial charge is 0.277 e. The molecule has 2 aromatic rings. The van der Waals surface area contributed by atoms with Gasteiger partial charge in [0.25, 0.3) is 11.4 Å². The van der Waals surface area contributed by atoms with Crippen molar-refractivity contribution in [3.05, 3.63) is 27.0 Å². The van der Waals surface area contributed by atoms with E-state index in [1.54, 1.807) is 0 Å². The van der Waals surface area contributed by atoms with Crippen molar-refractivity contribution in [2.75, 3.05) is 0 Å². The van der Waals surface area contributed by atoms with Crippen molar-refractivity contribution in [2.45, 2.75) is 26.2 Å². The minimum absolute atomic E-state index is 0.213. The second kappa shape index (κ2) is 4.06. The maximum Gasteiger partial charge on any atom is 0.277 e. The number of hydrogen-bond acceptors (Lipinski definition) is 5. The maximum atomic E-state index is 11.4. The Kier molecular flexibility index (Phi) is 2.86. The van der Waals surface area contributed by atoms with Crippen LogP contribution in [0.15, 0.2) is 20.1 Å². The SMILES string of the molecule is CC(C)(C)c1noc(-c2nc[nH]c(=O)c2Br)n1. The van der Waals surface area contributed by atoms with Crippen LogP contribution in [0.25, 0.3) is 11.6 Å². The van der Waals surface area contributed by atoms with Gasteiger partial charge in [-0.05, 0) is 15.9 Å². The molecule has 2 rings (SSSR count). The Morgan fingerprint density at radius 2 is 2.12 bits per heavy atom. The molecule has 0 fully saturated rings. The van der Waals surface area contributed by atoms with Gasteiger partial charge in [0.1, 0.15) is 10.2 Å². The molecule has 0 saturated heterocycles. The fraction of sp³-hybridized carbons (Fsp3) is 0.400. The lowest BCUT2D eigenvalue weighted by Gasteiger charge is -2.10. The Hall–Kier alpha value is -1.50. The van der Waals surface area contributed by atoms with E-state index >= 15 is 0 Å². The van der Waals surface area contributed by atoms with Gasteiger partial charge < -0.3 is 9.51 Å². The Morgan fingerprint density at radius 1 is 1.41 bits per heavy atom. The molecule has 2 aromatic heterocycles. The first kappa shape index (κ1) is 12.0. The van der Waals surface area contributed by atoms with Crippen molar-refractivity contribution in [1.82, 2.24) is 20.1 Å². The predicted molar refractivity (Wildman–Crippen MR) is 64.5 cm³/mol. The average molecular weight is 299 g/mol. The van der Waals surface area contributed by atoms with Crippen molar-refractivity contribution in [1.29, 1.82) is 0 Å². The molecule has 0 spiro atoms. The maximum absolute atomic E-state index is 11.4. The molecule has 90 valence electrons. The van der Waals surface area contributed by atoms with Crippen LogP contribution in [-0.4, -0.2) is 20.1 Å². The van der Waals surface area contributed by atoms with Crippen molar-refractivity contribution in [3.8, 4) is 11.6 Å². The highest BCUT2D eigenvalue weighted by Crippen LogP contribution is 2.24. The van der Waals surface area contributed by atoms with E-state index in [9.17, 15) is 4.79 Å². The lowest BCUT2D eigenvalue weighted by atomic mass is 9.96. The summed E-state index contributed by atoms with van der Waals surface area (Å²) in [6.45, 7) is 5.92. The number of nitrogens with zero attached hydrogens (tertiary/aromatic N) is 3. The average Bonchev–Trinajstić information content (AvgIpc) is 2.70. The Balaban J connectivity index is 2.52. The lowest BCUT2D eigenvalue weighted by molar-refractivity contribution is 0.401. The normalized spacial score (nSPS) is 11.8.